The largest absolute Gasteiger partial charge is 0.328 e. The van der Waals surface area contributed by atoms with Crippen LogP contribution in [0.3, 0.4) is 0 Å². The topological polar surface area (TPSA) is 65.2 Å². The number of urea groups is 1. The third-order valence-electron chi connectivity index (χ3n) is 4.22. The number of fused-ring (bicyclic) bond motifs is 1. The van der Waals surface area contributed by atoms with Crippen LogP contribution < -0.4 is 10.9 Å². The lowest BCUT2D eigenvalue weighted by Gasteiger charge is -2.26. The molecule has 1 heterocycles. The van der Waals surface area contributed by atoms with Crippen molar-refractivity contribution in [1.29, 1.82) is 0 Å². The zero-order valence-electron chi connectivity index (χ0n) is 17.3. The van der Waals surface area contributed by atoms with Gasteiger partial charge in [-0.1, -0.05) is 17.7 Å². The molecule has 0 saturated heterocycles. The van der Waals surface area contributed by atoms with Gasteiger partial charge in [0.2, 0.25) is 0 Å². The Balaban J connectivity index is 2.07. The van der Waals surface area contributed by atoms with Crippen LogP contribution in [0, 0.1) is 17.5 Å². The maximum atomic E-state index is 14.2. The van der Waals surface area contributed by atoms with E-state index in [1.807, 2.05) is 0 Å². The average Bonchev–Trinajstić information content (AvgIpc) is 2.66. The van der Waals surface area contributed by atoms with Crippen LogP contribution in [0.1, 0.15) is 22.6 Å². The molecule has 5 nitrogen and oxygen atoms in total. The first-order valence-corrected chi connectivity index (χ1v) is 8.34. The third kappa shape index (κ3) is 3.55. The van der Waals surface area contributed by atoms with Gasteiger partial charge in [-0.05, 0) is 42.1 Å². The number of carbonyl (C=O) groups excluding carboxylic acids is 1. The van der Waals surface area contributed by atoms with Crippen molar-refractivity contribution in [2.45, 2.75) is 13.0 Å². The van der Waals surface area contributed by atoms with Crippen molar-refractivity contribution < 1.29 is 22.1 Å². The summed E-state index contributed by atoms with van der Waals surface area (Å²) in [6, 6.07) is 2.91. The molecule has 2 N–H and O–H groups in total. The van der Waals surface area contributed by atoms with Crippen molar-refractivity contribution >= 4 is 34.1 Å². The summed E-state index contributed by atoms with van der Waals surface area (Å²) in [4.78, 5) is 27.5. The van der Waals surface area contributed by atoms with Crippen LogP contribution >= 0.6 is 11.6 Å². The molecule has 0 bridgehead atoms. The van der Waals surface area contributed by atoms with E-state index < -0.39 is 47.4 Å². The molecule has 0 saturated carbocycles. The fourth-order valence-corrected chi connectivity index (χ4v) is 2.91. The molecule has 1 atom stereocenters. The van der Waals surface area contributed by atoms with Gasteiger partial charge in [-0.3, -0.25) is 4.79 Å². The summed E-state index contributed by atoms with van der Waals surface area (Å²) in [6.07, 6.45) is 1.13. The summed E-state index contributed by atoms with van der Waals surface area (Å²) in [5.74, 6) is -3.37. The molecule has 0 fully saturated rings. The number of hydrogen-bond acceptors (Lipinski definition) is 2. The second-order valence-electron chi connectivity index (χ2n) is 5.96. The number of hydrogen-bond donors (Lipinski definition) is 2. The van der Waals surface area contributed by atoms with Crippen LogP contribution in [0.5, 0.6) is 0 Å². The van der Waals surface area contributed by atoms with Crippen LogP contribution in [-0.4, -0.2) is 22.9 Å². The lowest BCUT2D eigenvalue weighted by Crippen LogP contribution is -2.34. The maximum Gasteiger partial charge on any atom is 0.322 e. The summed E-state index contributed by atoms with van der Waals surface area (Å²) in [5.41, 5.74) is -0.803. The van der Waals surface area contributed by atoms with Gasteiger partial charge in [-0.2, -0.15) is 0 Å². The molecule has 9 heteroatoms. The molecular weight excluding hydrogens is 395 g/mol. The molecule has 0 unspecified atom stereocenters. The third-order valence-corrected chi connectivity index (χ3v) is 4.51. The molecule has 0 aliphatic carbocycles. The van der Waals surface area contributed by atoms with E-state index >= 15 is 0 Å². The molecular formula is C19H15ClF3N3O2. The minimum absolute atomic E-state index is 0.0392. The van der Waals surface area contributed by atoms with Crippen LogP contribution in [0.25, 0.3) is 10.8 Å². The Kier molecular flexibility index (Phi) is 4.32. The van der Waals surface area contributed by atoms with Crippen molar-refractivity contribution in [3.8, 4) is 0 Å². The van der Waals surface area contributed by atoms with E-state index in [1.54, 1.807) is 0 Å². The molecule has 0 aliphatic heterocycles. The number of nitrogens with one attached hydrogen (secondary N) is 2. The monoisotopic (exact) mass is 412 g/mol. The van der Waals surface area contributed by atoms with Gasteiger partial charge in [0.25, 0.3) is 5.56 Å². The van der Waals surface area contributed by atoms with E-state index in [9.17, 15) is 22.8 Å². The standard InChI is InChI=1S/C19H15ClF3N3O2/c1-9(26(2)19(28)25-10-3-5-14(21)13(20)7-10)12-8-24-18(27)16-11(12)4-6-15(22)17(16)23/h3-9H,1-2H3,(H,24,27)(H,25,28)/t9-/m1/s1/i2D3. The molecule has 3 aromatic rings. The second kappa shape index (κ2) is 7.55. The highest BCUT2D eigenvalue weighted by atomic mass is 35.5. The first-order chi connectivity index (χ1) is 14.4. The summed E-state index contributed by atoms with van der Waals surface area (Å²) in [5, 5.41) is 1.38. The van der Waals surface area contributed by atoms with Crippen molar-refractivity contribution in [3.05, 3.63) is 74.9 Å². The van der Waals surface area contributed by atoms with Gasteiger partial charge in [-0.15, -0.1) is 0 Å². The normalized spacial score (nSPS) is 14.1. The van der Waals surface area contributed by atoms with Crippen molar-refractivity contribution in [2.24, 2.45) is 0 Å². The Hall–Kier alpha value is -3.00. The van der Waals surface area contributed by atoms with Crippen LogP contribution in [0.2, 0.25) is 5.02 Å². The number of aromatic nitrogens is 1. The van der Waals surface area contributed by atoms with E-state index in [1.165, 1.54) is 13.0 Å². The first-order valence-electron chi connectivity index (χ1n) is 9.46. The molecule has 28 heavy (non-hydrogen) atoms. The van der Waals surface area contributed by atoms with Crippen LogP contribution in [0.15, 0.2) is 41.3 Å². The van der Waals surface area contributed by atoms with Gasteiger partial charge in [0, 0.05) is 23.0 Å². The van der Waals surface area contributed by atoms with Gasteiger partial charge in [0.1, 0.15) is 5.82 Å². The smallest absolute Gasteiger partial charge is 0.322 e. The number of amides is 2. The molecule has 0 radical (unpaired) electrons. The fourth-order valence-electron chi connectivity index (χ4n) is 2.72. The lowest BCUT2D eigenvalue weighted by atomic mass is 10.0. The minimum Gasteiger partial charge on any atom is -0.328 e. The van der Waals surface area contributed by atoms with Crippen molar-refractivity contribution in [3.63, 3.8) is 0 Å². The summed E-state index contributed by atoms with van der Waals surface area (Å²) >= 11 is 5.68. The Bertz CT molecular complexity index is 1230. The van der Waals surface area contributed by atoms with Gasteiger partial charge in [0.05, 0.1) is 16.5 Å². The zero-order chi connectivity index (χ0) is 23.1. The number of carbonyl (C=O) groups is 1. The maximum absolute atomic E-state index is 14.2. The van der Waals surface area contributed by atoms with E-state index in [0.717, 1.165) is 30.5 Å². The number of H-pyrrole nitrogens is 1. The van der Waals surface area contributed by atoms with Crippen molar-refractivity contribution in [1.82, 2.24) is 9.88 Å². The quantitative estimate of drug-likeness (QED) is 0.647. The number of pyridine rings is 1. The number of benzene rings is 2. The molecule has 1 aromatic heterocycles. The average molecular weight is 413 g/mol. The molecule has 3 rings (SSSR count). The Labute approximate surface area is 166 Å². The SMILES string of the molecule is [2H]C([2H])([2H])N(C(=O)Nc1ccc(F)c(Cl)c1)[C@H](C)c1c[nH]c(=O)c2c(F)c(F)ccc12. The predicted molar refractivity (Wildman–Crippen MR) is 101 cm³/mol. The number of nitrogens with zero attached hydrogens (tertiary/aromatic N) is 1. The summed E-state index contributed by atoms with van der Waals surface area (Å²) in [6.45, 7) is -1.62. The number of halogens is 4. The molecule has 0 spiro atoms. The zero-order valence-corrected chi connectivity index (χ0v) is 15.1. The van der Waals surface area contributed by atoms with Crippen LogP contribution in [-0.2, 0) is 0 Å². The molecule has 146 valence electrons. The minimum atomic E-state index is -2.96. The van der Waals surface area contributed by atoms with E-state index in [4.69, 9.17) is 15.7 Å². The highest BCUT2D eigenvalue weighted by Crippen LogP contribution is 2.28. The van der Waals surface area contributed by atoms with E-state index in [-0.39, 0.29) is 21.7 Å². The van der Waals surface area contributed by atoms with Gasteiger partial charge in [0.15, 0.2) is 11.6 Å². The molecule has 2 aromatic carbocycles. The summed E-state index contributed by atoms with van der Waals surface area (Å²) in [7, 11) is 0. The lowest BCUT2D eigenvalue weighted by molar-refractivity contribution is 0.208. The van der Waals surface area contributed by atoms with Gasteiger partial charge >= 0.3 is 6.03 Å². The van der Waals surface area contributed by atoms with Gasteiger partial charge in [-0.25, -0.2) is 18.0 Å². The first kappa shape index (κ1) is 16.0. The van der Waals surface area contributed by atoms with Crippen LogP contribution in [0.4, 0.5) is 23.7 Å². The number of aromatic amines is 1. The predicted octanol–water partition coefficient (Wildman–Crippen LogP) is 4.82. The summed E-state index contributed by atoms with van der Waals surface area (Å²) < 4.78 is 64.5. The fraction of sp³-hybridized carbons (Fsp3) is 0.158. The Morgan fingerprint density at radius 1 is 1.25 bits per heavy atom. The Morgan fingerprint density at radius 2 is 1.96 bits per heavy atom. The second-order valence-corrected chi connectivity index (χ2v) is 6.37. The highest BCUT2D eigenvalue weighted by molar-refractivity contribution is 6.31. The number of rotatable bonds is 3. The highest BCUT2D eigenvalue weighted by Gasteiger charge is 2.22. The van der Waals surface area contributed by atoms with Gasteiger partial charge < -0.3 is 15.2 Å². The number of anilines is 1. The van der Waals surface area contributed by atoms with E-state index in [2.05, 4.69) is 10.3 Å². The molecule has 2 amide bonds. The van der Waals surface area contributed by atoms with E-state index in [0.29, 0.717) is 4.90 Å². The molecule has 0 aliphatic rings. The van der Waals surface area contributed by atoms with Crippen molar-refractivity contribution in [2.75, 3.05) is 12.3 Å². The Morgan fingerprint density at radius 3 is 2.64 bits per heavy atom.